The Bertz CT molecular complexity index is 838. The molecule has 5 nitrogen and oxygen atoms in total. The highest BCUT2D eigenvalue weighted by molar-refractivity contribution is 5.97. The Morgan fingerprint density at radius 2 is 1.46 bits per heavy atom. The van der Waals surface area contributed by atoms with Crippen LogP contribution >= 0.6 is 0 Å². The Morgan fingerprint density at radius 3 is 2.04 bits per heavy atom. The number of rotatable bonds is 2. The maximum atomic E-state index is 12.9. The lowest BCUT2D eigenvalue weighted by atomic mass is 10.0. The van der Waals surface area contributed by atoms with E-state index in [-0.39, 0.29) is 11.8 Å². The van der Waals surface area contributed by atoms with Crippen LogP contribution in [0.3, 0.4) is 0 Å². The van der Waals surface area contributed by atoms with Gasteiger partial charge >= 0.3 is 0 Å². The van der Waals surface area contributed by atoms with Crippen molar-refractivity contribution in [3.8, 4) is 0 Å². The molecule has 26 heavy (non-hydrogen) atoms. The van der Waals surface area contributed by atoms with Crippen LogP contribution in [0.4, 0.5) is 0 Å². The number of carbonyl (C=O) groups excluding carboxylic acids is 2. The van der Waals surface area contributed by atoms with Gasteiger partial charge in [-0.05, 0) is 51.8 Å². The highest BCUT2D eigenvalue weighted by atomic mass is 16.2. The highest BCUT2D eigenvalue weighted by Gasteiger charge is 2.25. The topological polar surface area (TPSA) is 56.4 Å². The molecule has 1 saturated heterocycles. The fourth-order valence-corrected chi connectivity index (χ4v) is 3.58. The van der Waals surface area contributed by atoms with E-state index in [1.165, 1.54) is 0 Å². The lowest BCUT2D eigenvalue weighted by Gasteiger charge is -2.23. The van der Waals surface area contributed by atoms with Crippen molar-refractivity contribution in [2.45, 2.75) is 34.1 Å². The van der Waals surface area contributed by atoms with E-state index < -0.39 is 0 Å². The Labute approximate surface area is 155 Å². The van der Waals surface area contributed by atoms with Crippen molar-refractivity contribution in [3.05, 3.63) is 57.9 Å². The van der Waals surface area contributed by atoms with Gasteiger partial charge in [0.1, 0.15) is 0 Å². The Kier molecular flexibility index (Phi) is 5.16. The van der Waals surface area contributed by atoms with Gasteiger partial charge in [-0.3, -0.25) is 9.59 Å². The molecule has 2 aromatic rings. The Balaban J connectivity index is 1.72. The van der Waals surface area contributed by atoms with Gasteiger partial charge in [0.05, 0.1) is 5.56 Å². The molecule has 2 heterocycles. The summed E-state index contributed by atoms with van der Waals surface area (Å²) in [6.45, 7) is 10.3. The van der Waals surface area contributed by atoms with Crippen molar-refractivity contribution in [3.63, 3.8) is 0 Å². The quantitative estimate of drug-likeness (QED) is 0.901. The molecule has 1 fully saturated rings. The van der Waals surface area contributed by atoms with Crippen molar-refractivity contribution in [2.75, 3.05) is 26.2 Å². The standard InChI is InChI=1S/C21H27N3O2/c1-14-6-7-15(2)18(12-14)20(25)23-8-5-9-24(11-10-23)21(26)19-13-16(3)22-17(19)4/h6-7,12-13,22H,5,8-11H2,1-4H3. The summed E-state index contributed by atoms with van der Waals surface area (Å²) in [4.78, 5) is 32.7. The number of aryl methyl sites for hydroxylation is 4. The number of carbonyl (C=O) groups is 2. The molecule has 5 heteroatoms. The maximum absolute atomic E-state index is 12.9. The second-order valence-corrected chi connectivity index (χ2v) is 7.25. The number of nitrogens with one attached hydrogen (secondary N) is 1. The molecule has 1 aliphatic rings. The van der Waals surface area contributed by atoms with Crippen LogP contribution in [0.15, 0.2) is 24.3 Å². The molecule has 0 aliphatic carbocycles. The molecule has 138 valence electrons. The van der Waals surface area contributed by atoms with E-state index in [4.69, 9.17) is 0 Å². The zero-order valence-corrected chi connectivity index (χ0v) is 16.1. The van der Waals surface area contributed by atoms with Crippen molar-refractivity contribution in [1.82, 2.24) is 14.8 Å². The summed E-state index contributed by atoms with van der Waals surface area (Å²) >= 11 is 0. The molecule has 0 unspecified atom stereocenters. The first-order valence-corrected chi connectivity index (χ1v) is 9.19. The summed E-state index contributed by atoms with van der Waals surface area (Å²) in [5.41, 5.74) is 5.48. The zero-order chi connectivity index (χ0) is 18.8. The van der Waals surface area contributed by atoms with Gasteiger partial charge in [0.15, 0.2) is 0 Å². The third-order valence-corrected chi connectivity index (χ3v) is 5.07. The van der Waals surface area contributed by atoms with E-state index in [0.29, 0.717) is 26.2 Å². The van der Waals surface area contributed by atoms with E-state index in [2.05, 4.69) is 4.98 Å². The van der Waals surface area contributed by atoms with Crippen LogP contribution < -0.4 is 0 Å². The largest absolute Gasteiger partial charge is 0.362 e. The summed E-state index contributed by atoms with van der Waals surface area (Å²) < 4.78 is 0. The van der Waals surface area contributed by atoms with Crippen LogP contribution in [0.2, 0.25) is 0 Å². The molecular weight excluding hydrogens is 326 g/mol. The summed E-state index contributed by atoms with van der Waals surface area (Å²) in [6.07, 6.45) is 0.796. The van der Waals surface area contributed by atoms with E-state index in [9.17, 15) is 9.59 Å². The Hall–Kier alpha value is -2.56. The van der Waals surface area contributed by atoms with E-state index in [0.717, 1.165) is 40.1 Å². The van der Waals surface area contributed by atoms with E-state index in [1.807, 2.05) is 61.8 Å². The average Bonchev–Trinajstić information content (AvgIpc) is 2.81. The van der Waals surface area contributed by atoms with Gasteiger partial charge in [-0.25, -0.2) is 0 Å². The van der Waals surface area contributed by atoms with Crippen LogP contribution in [0.1, 0.15) is 49.7 Å². The first kappa shape index (κ1) is 18.2. The highest BCUT2D eigenvalue weighted by Crippen LogP contribution is 2.17. The van der Waals surface area contributed by atoms with Crippen LogP contribution in [0.25, 0.3) is 0 Å². The normalized spacial score (nSPS) is 15.1. The minimum Gasteiger partial charge on any atom is -0.362 e. The Morgan fingerprint density at radius 1 is 0.846 bits per heavy atom. The van der Waals surface area contributed by atoms with Gasteiger partial charge in [0.25, 0.3) is 11.8 Å². The van der Waals surface area contributed by atoms with E-state index >= 15 is 0 Å². The lowest BCUT2D eigenvalue weighted by molar-refractivity contribution is 0.0718. The van der Waals surface area contributed by atoms with Crippen molar-refractivity contribution in [1.29, 1.82) is 0 Å². The zero-order valence-electron chi connectivity index (χ0n) is 16.1. The van der Waals surface area contributed by atoms with Crippen LogP contribution in [-0.2, 0) is 0 Å². The third-order valence-electron chi connectivity index (χ3n) is 5.07. The number of hydrogen-bond acceptors (Lipinski definition) is 2. The van der Waals surface area contributed by atoms with Gasteiger partial charge in [-0.1, -0.05) is 17.7 Å². The maximum Gasteiger partial charge on any atom is 0.255 e. The number of benzene rings is 1. The summed E-state index contributed by atoms with van der Waals surface area (Å²) in [5.74, 6) is 0.113. The molecule has 1 N–H and O–H groups in total. The molecule has 0 bridgehead atoms. The number of hydrogen-bond donors (Lipinski definition) is 1. The summed E-state index contributed by atoms with van der Waals surface area (Å²) in [5, 5.41) is 0. The van der Waals surface area contributed by atoms with Crippen LogP contribution in [0.5, 0.6) is 0 Å². The number of H-pyrrole nitrogens is 1. The molecule has 3 rings (SSSR count). The molecule has 0 atom stereocenters. The molecule has 1 aliphatic heterocycles. The first-order chi connectivity index (χ1) is 12.4. The molecule has 1 aromatic carbocycles. The van der Waals surface area contributed by atoms with Gasteiger partial charge in [0, 0.05) is 43.1 Å². The van der Waals surface area contributed by atoms with Crippen LogP contribution in [-0.4, -0.2) is 52.8 Å². The van der Waals surface area contributed by atoms with Crippen molar-refractivity contribution >= 4 is 11.8 Å². The fraction of sp³-hybridized carbons (Fsp3) is 0.429. The van der Waals surface area contributed by atoms with Crippen molar-refractivity contribution in [2.24, 2.45) is 0 Å². The SMILES string of the molecule is Cc1ccc(C)c(C(=O)N2CCCN(C(=O)c3cc(C)[nH]c3C)CC2)c1. The number of amides is 2. The minimum atomic E-state index is 0.0490. The predicted octanol–water partition coefficient (Wildman–Crippen LogP) is 3.24. The van der Waals surface area contributed by atoms with Gasteiger partial charge in [0.2, 0.25) is 0 Å². The molecule has 1 aromatic heterocycles. The van der Waals surface area contributed by atoms with Gasteiger partial charge in [-0.2, -0.15) is 0 Å². The lowest BCUT2D eigenvalue weighted by Crippen LogP contribution is -2.37. The molecular formula is C21H27N3O2. The number of nitrogens with zero attached hydrogens (tertiary/aromatic N) is 2. The van der Waals surface area contributed by atoms with Gasteiger partial charge in [-0.15, -0.1) is 0 Å². The third kappa shape index (κ3) is 3.66. The number of aromatic nitrogens is 1. The molecule has 0 spiro atoms. The number of aromatic amines is 1. The van der Waals surface area contributed by atoms with E-state index in [1.54, 1.807) is 0 Å². The molecule has 2 amide bonds. The molecule has 0 radical (unpaired) electrons. The summed E-state index contributed by atoms with van der Waals surface area (Å²) in [6, 6.07) is 7.88. The monoisotopic (exact) mass is 353 g/mol. The first-order valence-electron chi connectivity index (χ1n) is 9.19. The molecule has 0 saturated carbocycles. The van der Waals surface area contributed by atoms with Crippen LogP contribution in [0, 0.1) is 27.7 Å². The second kappa shape index (κ2) is 7.36. The predicted molar refractivity (Wildman–Crippen MR) is 103 cm³/mol. The van der Waals surface area contributed by atoms with Crippen molar-refractivity contribution < 1.29 is 9.59 Å². The fourth-order valence-electron chi connectivity index (χ4n) is 3.58. The average molecular weight is 353 g/mol. The second-order valence-electron chi connectivity index (χ2n) is 7.25. The minimum absolute atomic E-state index is 0.0490. The van der Waals surface area contributed by atoms with Gasteiger partial charge < -0.3 is 14.8 Å². The smallest absolute Gasteiger partial charge is 0.255 e. The summed E-state index contributed by atoms with van der Waals surface area (Å²) in [7, 11) is 0.